The minimum absolute atomic E-state index is 0.264. The summed E-state index contributed by atoms with van der Waals surface area (Å²) in [5.74, 6) is 0.836. The molecule has 2 aromatic heterocycles. The second-order valence-electron chi connectivity index (χ2n) is 6.14. The molecule has 3 heterocycles. The standard InChI is InChI=1S/C17H21N3O/c1-12(2)5-6-16(21)20-9-7-15-14(11-20)10-13-4-3-8-18-17(13)19-15/h3-4,8,10,12H,5-7,9,11H2,1-2H3. The Morgan fingerprint density at radius 1 is 1.43 bits per heavy atom. The molecule has 0 atom stereocenters. The Morgan fingerprint density at radius 3 is 3.10 bits per heavy atom. The fourth-order valence-corrected chi connectivity index (χ4v) is 2.75. The predicted octanol–water partition coefficient (Wildman–Crippen LogP) is 2.95. The Labute approximate surface area is 125 Å². The zero-order valence-corrected chi connectivity index (χ0v) is 12.7. The van der Waals surface area contributed by atoms with Gasteiger partial charge in [-0.2, -0.15) is 0 Å². The smallest absolute Gasteiger partial charge is 0.222 e. The molecule has 4 nitrogen and oxygen atoms in total. The number of nitrogens with zero attached hydrogens (tertiary/aromatic N) is 3. The van der Waals surface area contributed by atoms with Gasteiger partial charge < -0.3 is 4.90 Å². The lowest BCUT2D eigenvalue weighted by molar-refractivity contribution is -0.132. The zero-order chi connectivity index (χ0) is 14.8. The van der Waals surface area contributed by atoms with E-state index in [1.807, 2.05) is 17.0 Å². The van der Waals surface area contributed by atoms with Crippen molar-refractivity contribution in [1.82, 2.24) is 14.9 Å². The van der Waals surface area contributed by atoms with Gasteiger partial charge in [0.2, 0.25) is 5.91 Å². The quantitative estimate of drug-likeness (QED) is 0.870. The van der Waals surface area contributed by atoms with Gasteiger partial charge >= 0.3 is 0 Å². The van der Waals surface area contributed by atoms with Crippen LogP contribution in [0.25, 0.3) is 11.0 Å². The van der Waals surface area contributed by atoms with Gasteiger partial charge in [-0.05, 0) is 36.1 Å². The van der Waals surface area contributed by atoms with Crippen molar-refractivity contribution in [2.75, 3.05) is 6.54 Å². The lowest BCUT2D eigenvalue weighted by atomic mass is 10.0. The first-order valence-corrected chi connectivity index (χ1v) is 7.65. The van der Waals surface area contributed by atoms with Gasteiger partial charge in [0.05, 0.1) is 0 Å². The Kier molecular flexibility index (Phi) is 3.86. The first kappa shape index (κ1) is 14.0. The van der Waals surface area contributed by atoms with Crippen LogP contribution in [0.4, 0.5) is 0 Å². The molecule has 0 fully saturated rings. The van der Waals surface area contributed by atoms with Gasteiger partial charge in [-0.3, -0.25) is 4.79 Å². The number of aromatic nitrogens is 2. The van der Waals surface area contributed by atoms with E-state index < -0.39 is 0 Å². The van der Waals surface area contributed by atoms with Gasteiger partial charge in [-0.1, -0.05) is 13.8 Å². The van der Waals surface area contributed by atoms with Gasteiger partial charge in [0.15, 0.2) is 5.65 Å². The van der Waals surface area contributed by atoms with Crippen LogP contribution in [-0.4, -0.2) is 27.3 Å². The largest absolute Gasteiger partial charge is 0.338 e. The summed E-state index contributed by atoms with van der Waals surface area (Å²) in [7, 11) is 0. The van der Waals surface area contributed by atoms with Crippen LogP contribution in [-0.2, 0) is 17.8 Å². The summed E-state index contributed by atoms with van der Waals surface area (Å²) in [6.07, 6.45) is 4.21. The van der Waals surface area contributed by atoms with E-state index in [1.54, 1.807) is 6.20 Å². The van der Waals surface area contributed by atoms with Crippen LogP contribution in [0.3, 0.4) is 0 Å². The molecule has 0 aliphatic carbocycles. The minimum Gasteiger partial charge on any atom is -0.338 e. The zero-order valence-electron chi connectivity index (χ0n) is 12.7. The number of pyridine rings is 2. The molecule has 3 rings (SSSR count). The van der Waals surface area contributed by atoms with Gasteiger partial charge in [0, 0.05) is 43.2 Å². The normalized spacial score (nSPS) is 14.5. The first-order valence-electron chi connectivity index (χ1n) is 7.65. The molecular weight excluding hydrogens is 262 g/mol. The van der Waals surface area contributed by atoms with Crippen LogP contribution in [0.1, 0.15) is 37.9 Å². The molecule has 0 saturated carbocycles. The summed E-state index contributed by atoms with van der Waals surface area (Å²) in [6, 6.07) is 6.08. The first-order chi connectivity index (χ1) is 10.1. The van der Waals surface area contributed by atoms with Gasteiger partial charge in [0.1, 0.15) is 0 Å². The predicted molar refractivity (Wildman–Crippen MR) is 82.7 cm³/mol. The van der Waals surface area contributed by atoms with Crippen LogP contribution >= 0.6 is 0 Å². The van der Waals surface area contributed by atoms with E-state index in [9.17, 15) is 4.79 Å². The van der Waals surface area contributed by atoms with Crippen LogP contribution in [0.5, 0.6) is 0 Å². The van der Waals surface area contributed by atoms with Crippen molar-refractivity contribution in [2.24, 2.45) is 5.92 Å². The second kappa shape index (κ2) is 5.80. The van der Waals surface area contributed by atoms with Crippen LogP contribution in [0.2, 0.25) is 0 Å². The van der Waals surface area contributed by atoms with E-state index in [-0.39, 0.29) is 5.91 Å². The average Bonchev–Trinajstić information content (AvgIpc) is 2.50. The molecule has 21 heavy (non-hydrogen) atoms. The molecule has 4 heteroatoms. The number of hydrogen-bond acceptors (Lipinski definition) is 3. The maximum atomic E-state index is 12.3. The lowest BCUT2D eigenvalue weighted by Gasteiger charge is -2.28. The maximum absolute atomic E-state index is 12.3. The van der Waals surface area contributed by atoms with E-state index in [0.717, 1.165) is 36.1 Å². The number of rotatable bonds is 3. The Morgan fingerprint density at radius 2 is 2.29 bits per heavy atom. The van der Waals surface area contributed by atoms with Crippen LogP contribution in [0.15, 0.2) is 24.4 Å². The van der Waals surface area contributed by atoms with E-state index in [2.05, 4.69) is 29.9 Å². The number of amides is 1. The van der Waals surface area contributed by atoms with Crippen molar-refractivity contribution in [1.29, 1.82) is 0 Å². The third kappa shape index (κ3) is 3.04. The van der Waals surface area contributed by atoms with Crippen molar-refractivity contribution in [2.45, 2.75) is 39.7 Å². The summed E-state index contributed by atoms with van der Waals surface area (Å²) in [5, 5.41) is 1.05. The van der Waals surface area contributed by atoms with Crippen molar-refractivity contribution < 1.29 is 4.79 Å². The highest BCUT2D eigenvalue weighted by atomic mass is 16.2. The SMILES string of the molecule is CC(C)CCC(=O)N1CCc2nc3ncccc3cc2C1. The van der Waals surface area contributed by atoms with Crippen LogP contribution < -0.4 is 0 Å². The van der Waals surface area contributed by atoms with Crippen molar-refractivity contribution in [3.05, 3.63) is 35.7 Å². The molecule has 1 aliphatic rings. The van der Waals surface area contributed by atoms with E-state index >= 15 is 0 Å². The molecular formula is C17H21N3O. The average molecular weight is 283 g/mol. The fourth-order valence-electron chi connectivity index (χ4n) is 2.75. The topological polar surface area (TPSA) is 46.1 Å². The van der Waals surface area contributed by atoms with E-state index in [1.165, 1.54) is 5.56 Å². The number of carbonyl (C=O) groups is 1. The summed E-state index contributed by atoms with van der Waals surface area (Å²) in [4.78, 5) is 23.2. The molecule has 0 spiro atoms. The molecule has 2 aromatic rings. The highest BCUT2D eigenvalue weighted by molar-refractivity contribution is 5.78. The molecule has 1 aliphatic heterocycles. The Bertz CT molecular complexity index is 666. The third-order valence-electron chi connectivity index (χ3n) is 4.03. The van der Waals surface area contributed by atoms with E-state index in [0.29, 0.717) is 18.9 Å². The minimum atomic E-state index is 0.264. The molecule has 110 valence electrons. The molecule has 1 amide bonds. The highest BCUT2D eigenvalue weighted by Gasteiger charge is 2.22. The maximum Gasteiger partial charge on any atom is 0.222 e. The molecule has 0 aromatic carbocycles. The number of fused-ring (bicyclic) bond motifs is 2. The molecule has 0 N–H and O–H groups in total. The number of hydrogen-bond donors (Lipinski definition) is 0. The van der Waals surface area contributed by atoms with Crippen molar-refractivity contribution in [3.8, 4) is 0 Å². The number of carbonyl (C=O) groups excluding carboxylic acids is 1. The molecule has 0 saturated heterocycles. The summed E-state index contributed by atoms with van der Waals surface area (Å²) < 4.78 is 0. The van der Waals surface area contributed by atoms with E-state index in [4.69, 9.17) is 0 Å². The lowest BCUT2D eigenvalue weighted by Crippen LogP contribution is -2.36. The Hall–Kier alpha value is -1.97. The molecule has 0 bridgehead atoms. The molecule has 0 radical (unpaired) electrons. The highest BCUT2D eigenvalue weighted by Crippen LogP contribution is 2.22. The van der Waals surface area contributed by atoms with Crippen molar-refractivity contribution >= 4 is 16.9 Å². The fraction of sp³-hybridized carbons (Fsp3) is 0.471. The van der Waals surface area contributed by atoms with Gasteiger partial charge in [-0.25, -0.2) is 9.97 Å². The third-order valence-corrected chi connectivity index (χ3v) is 4.03. The Balaban J connectivity index is 1.78. The van der Waals surface area contributed by atoms with Crippen molar-refractivity contribution in [3.63, 3.8) is 0 Å². The monoisotopic (exact) mass is 283 g/mol. The summed E-state index contributed by atoms with van der Waals surface area (Å²) in [6.45, 7) is 5.77. The second-order valence-corrected chi connectivity index (χ2v) is 6.14. The summed E-state index contributed by atoms with van der Waals surface area (Å²) >= 11 is 0. The van der Waals surface area contributed by atoms with Gasteiger partial charge in [0.25, 0.3) is 0 Å². The van der Waals surface area contributed by atoms with Crippen LogP contribution in [0, 0.1) is 5.92 Å². The summed E-state index contributed by atoms with van der Waals surface area (Å²) in [5.41, 5.74) is 3.06. The van der Waals surface area contributed by atoms with Gasteiger partial charge in [-0.15, -0.1) is 0 Å². The molecule has 0 unspecified atom stereocenters.